The lowest BCUT2D eigenvalue weighted by atomic mass is 9.82. The van der Waals surface area contributed by atoms with E-state index < -0.39 is 11.7 Å². The molecule has 0 N–H and O–H groups in total. The first-order valence-electron chi connectivity index (χ1n) is 5.85. The zero-order chi connectivity index (χ0) is 13.4. The number of allylic oxidation sites excluding steroid dienone is 4. The Kier molecular flexibility index (Phi) is 3.09. The van der Waals surface area contributed by atoms with Crippen molar-refractivity contribution in [1.29, 1.82) is 0 Å². The van der Waals surface area contributed by atoms with Crippen LogP contribution in [0.1, 0.15) is 31.4 Å². The van der Waals surface area contributed by atoms with Gasteiger partial charge in [0.05, 0.1) is 5.56 Å². The molecule has 0 saturated carbocycles. The maximum absolute atomic E-state index is 12.6. The number of halogens is 3. The highest BCUT2D eigenvalue weighted by atomic mass is 19.4. The van der Waals surface area contributed by atoms with Gasteiger partial charge in [-0.1, -0.05) is 44.2 Å². The fraction of sp³-hybridized carbons (Fsp3) is 0.333. The molecular formula is C15H15F3. The van der Waals surface area contributed by atoms with Crippen molar-refractivity contribution in [2.24, 2.45) is 5.41 Å². The molecule has 1 aromatic carbocycles. The second-order valence-electron chi connectivity index (χ2n) is 5.26. The van der Waals surface area contributed by atoms with Crippen LogP contribution in [0, 0.1) is 5.41 Å². The van der Waals surface area contributed by atoms with Crippen LogP contribution in [-0.4, -0.2) is 0 Å². The molecule has 0 radical (unpaired) electrons. The summed E-state index contributed by atoms with van der Waals surface area (Å²) in [5.74, 6) is 0. The van der Waals surface area contributed by atoms with Crippen molar-refractivity contribution in [3.05, 3.63) is 53.6 Å². The molecular weight excluding hydrogens is 237 g/mol. The lowest BCUT2D eigenvalue weighted by Crippen LogP contribution is -2.09. The van der Waals surface area contributed by atoms with E-state index in [2.05, 4.69) is 13.8 Å². The predicted octanol–water partition coefficient (Wildman–Crippen LogP) is 5.07. The molecule has 0 fully saturated rings. The van der Waals surface area contributed by atoms with Crippen LogP contribution in [0.5, 0.6) is 0 Å². The minimum Gasteiger partial charge on any atom is -0.166 e. The molecule has 1 aromatic rings. The van der Waals surface area contributed by atoms with E-state index in [1.54, 1.807) is 6.07 Å². The molecule has 1 aliphatic carbocycles. The molecule has 0 atom stereocenters. The third kappa shape index (κ3) is 2.84. The first-order chi connectivity index (χ1) is 8.28. The number of hydrogen-bond acceptors (Lipinski definition) is 0. The number of hydrogen-bond donors (Lipinski definition) is 0. The van der Waals surface area contributed by atoms with Gasteiger partial charge in [-0.05, 0) is 35.1 Å². The zero-order valence-electron chi connectivity index (χ0n) is 10.4. The molecule has 0 bridgehead atoms. The van der Waals surface area contributed by atoms with Gasteiger partial charge in [0.1, 0.15) is 0 Å². The number of alkyl halides is 3. The van der Waals surface area contributed by atoms with E-state index in [4.69, 9.17) is 0 Å². The van der Waals surface area contributed by atoms with E-state index in [1.807, 2.05) is 18.2 Å². The fourth-order valence-corrected chi connectivity index (χ4v) is 1.91. The van der Waals surface area contributed by atoms with Gasteiger partial charge in [-0.2, -0.15) is 13.2 Å². The van der Waals surface area contributed by atoms with Crippen LogP contribution in [0.2, 0.25) is 0 Å². The topological polar surface area (TPSA) is 0 Å². The molecule has 0 amide bonds. The van der Waals surface area contributed by atoms with E-state index in [-0.39, 0.29) is 5.41 Å². The summed E-state index contributed by atoms with van der Waals surface area (Å²) in [7, 11) is 0. The summed E-state index contributed by atoms with van der Waals surface area (Å²) >= 11 is 0. The Balaban J connectivity index is 2.31. The third-order valence-corrected chi connectivity index (χ3v) is 3.09. The Labute approximate surface area is 105 Å². The Morgan fingerprint density at radius 3 is 2.44 bits per heavy atom. The highest BCUT2D eigenvalue weighted by molar-refractivity contribution is 5.75. The van der Waals surface area contributed by atoms with Crippen LogP contribution < -0.4 is 0 Å². The van der Waals surface area contributed by atoms with E-state index in [9.17, 15) is 13.2 Å². The third-order valence-electron chi connectivity index (χ3n) is 3.09. The molecule has 0 nitrogen and oxygen atoms in total. The van der Waals surface area contributed by atoms with Crippen LogP contribution >= 0.6 is 0 Å². The normalized spacial score (nSPS) is 18.6. The van der Waals surface area contributed by atoms with E-state index in [0.29, 0.717) is 5.56 Å². The summed E-state index contributed by atoms with van der Waals surface area (Å²) in [6.07, 6.45) is 2.50. The van der Waals surface area contributed by atoms with E-state index in [1.165, 1.54) is 12.1 Å². The highest BCUT2D eigenvalue weighted by Gasteiger charge is 2.30. The van der Waals surface area contributed by atoms with Gasteiger partial charge in [0.15, 0.2) is 0 Å². The van der Waals surface area contributed by atoms with Crippen molar-refractivity contribution >= 4 is 5.57 Å². The van der Waals surface area contributed by atoms with Crippen LogP contribution in [0.15, 0.2) is 42.5 Å². The minimum atomic E-state index is -4.28. The van der Waals surface area contributed by atoms with Crippen molar-refractivity contribution in [1.82, 2.24) is 0 Å². The standard InChI is InChI=1S/C15H15F3/c1-14(2)8-6-11(7-9-14)12-4-3-5-13(10-12)15(16,17)18/h3-8,10H,9H2,1-2H3. The van der Waals surface area contributed by atoms with Crippen LogP contribution in [-0.2, 0) is 6.18 Å². The molecule has 0 aliphatic heterocycles. The fourth-order valence-electron chi connectivity index (χ4n) is 1.91. The Morgan fingerprint density at radius 1 is 1.17 bits per heavy atom. The van der Waals surface area contributed by atoms with Gasteiger partial charge in [-0.25, -0.2) is 0 Å². The van der Waals surface area contributed by atoms with Gasteiger partial charge in [0.2, 0.25) is 0 Å². The van der Waals surface area contributed by atoms with Crippen molar-refractivity contribution < 1.29 is 13.2 Å². The molecule has 0 aromatic heterocycles. The molecule has 0 unspecified atom stereocenters. The molecule has 1 aliphatic rings. The summed E-state index contributed by atoms with van der Waals surface area (Å²) < 4.78 is 37.9. The monoisotopic (exact) mass is 252 g/mol. The van der Waals surface area contributed by atoms with Gasteiger partial charge in [-0.3, -0.25) is 0 Å². The van der Waals surface area contributed by atoms with E-state index in [0.717, 1.165) is 18.1 Å². The predicted molar refractivity (Wildman–Crippen MR) is 67.0 cm³/mol. The average Bonchev–Trinajstić information content (AvgIpc) is 2.28. The molecule has 96 valence electrons. The Morgan fingerprint density at radius 2 is 1.89 bits per heavy atom. The lowest BCUT2D eigenvalue weighted by molar-refractivity contribution is -0.137. The molecule has 18 heavy (non-hydrogen) atoms. The van der Waals surface area contributed by atoms with Gasteiger partial charge in [0.25, 0.3) is 0 Å². The quantitative estimate of drug-likeness (QED) is 0.654. The average molecular weight is 252 g/mol. The van der Waals surface area contributed by atoms with Gasteiger partial charge in [0, 0.05) is 0 Å². The first kappa shape index (κ1) is 12.9. The summed E-state index contributed by atoms with van der Waals surface area (Å²) in [6, 6.07) is 5.46. The molecule has 2 rings (SSSR count). The van der Waals surface area contributed by atoms with Gasteiger partial charge in [-0.15, -0.1) is 0 Å². The second-order valence-corrected chi connectivity index (χ2v) is 5.26. The molecule has 0 saturated heterocycles. The van der Waals surface area contributed by atoms with Crippen molar-refractivity contribution in [2.75, 3.05) is 0 Å². The number of rotatable bonds is 1. The summed E-state index contributed by atoms with van der Waals surface area (Å²) in [4.78, 5) is 0. The lowest BCUT2D eigenvalue weighted by Gasteiger charge is -2.23. The van der Waals surface area contributed by atoms with Crippen LogP contribution in [0.3, 0.4) is 0 Å². The SMILES string of the molecule is CC1(C)C=CC(c2cccc(C(F)(F)F)c2)=CC1. The molecule has 0 heterocycles. The largest absolute Gasteiger partial charge is 0.416 e. The van der Waals surface area contributed by atoms with Crippen molar-refractivity contribution in [3.63, 3.8) is 0 Å². The van der Waals surface area contributed by atoms with Crippen LogP contribution in [0.4, 0.5) is 13.2 Å². The van der Waals surface area contributed by atoms with Gasteiger partial charge >= 0.3 is 6.18 Å². The van der Waals surface area contributed by atoms with Crippen molar-refractivity contribution in [3.8, 4) is 0 Å². The summed E-state index contributed by atoms with van der Waals surface area (Å²) in [5.41, 5.74) is 0.974. The smallest absolute Gasteiger partial charge is 0.166 e. The van der Waals surface area contributed by atoms with Crippen molar-refractivity contribution in [2.45, 2.75) is 26.4 Å². The molecule has 3 heteroatoms. The Hall–Kier alpha value is -1.51. The maximum Gasteiger partial charge on any atom is 0.416 e. The molecule has 0 spiro atoms. The Bertz CT molecular complexity index is 505. The zero-order valence-corrected chi connectivity index (χ0v) is 10.4. The van der Waals surface area contributed by atoms with E-state index >= 15 is 0 Å². The summed E-state index contributed by atoms with van der Waals surface area (Å²) in [6.45, 7) is 4.20. The van der Waals surface area contributed by atoms with Crippen LogP contribution in [0.25, 0.3) is 5.57 Å². The van der Waals surface area contributed by atoms with Gasteiger partial charge < -0.3 is 0 Å². The summed E-state index contributed by atoms with van der Waals surface area (Å²) in [5, 5.41) is 0. The maximum atomic E-state index is 12.6. The minimum absolute atomic E-state index is 0.0884. The first-order valence-corrected chi connectivity index (χ1v) is 5.85. The number of benzene rings is 1. The second kappa shape index (κ2) is 4.30. The highest BCUT2D eigenvalue weighted by Crippen LogP contribution is 2.34.